The summed E-state index contributed by atoms with van der Waals surface area (Å²) in [4.78, 5) is 10.0. The summed E-state index contributed by atoms with van der Waals surface area (Å²) >= 11 is 5.83. The van der Waals surface area contributed by atoms with Gasteiger partial charge in [0.15, 0.2) is 0 Å². The highest BCUT2D eigenvalue weighted by atomic mass is 35.5. The van der Waals surface area contributed by atoms with Crippen LogP contribution in [0.2, 0.25) is 5.02 Å². The molecule has 2 aromatic carbocycles. The van der Waals surface area contributed by atoms with Crippen molar-refractivity contribution in [3.05, 3.63) is 58.4 Å². The van der Waals surface area contributed by atoms with E-state index >= 15 is 0 Å². The van der Waals surface area contributed by atoms with E-state index in [1.54, 1.807) is 25.1 Å². The number of benzene rings is 2. The Bertz CT molecular complexity index is 901. The molecule has 0 atom stereocenters. The van der Waals surface area contributed by atoms with Gasteiger partial charge in [-0.3, -0.25) is 0 Å². The molecule has 0 saturated heterocycles. The number of carboxylic acid groups (broad SMARTS) is 1. The summed E-state index contributed by atoms with van der Waals surface area (Å²) in [5.74, 6) is -2.13. The minimum absolute atomic E-state index is 0.0104. The Hall–Kier alpha value is -2.16. The number of rotatable bonds is 7. The van der Waals surface area contributed by atoms with Crippen LogP contribution in [0.5, 0.6) is 5.75 Å². The van der Waals surface area contributed by atoms with Crippen LogP contribution >= 0.6 is 11.6 Å². The fourth-order valence-corrected chi connectivity index (χ4v) is 3.37. The molecular weight excluding hydrogens is 373 g/mol. The Morgan fingerprint density at radius 1 is 1.28 bits per heavy atom. The predicted octanol–water partition coefficient (Wildman–Crippen LogP) is 1.51. The first-order valence-electron chi connectivity index (χ1n) is 7.10. The van der Waals surface area contributed by atoms with E-state index in [0.717, 1.165) is 17.7 Å². The molecule has 9 heteroatoms. The van der Waals surface area contributed by atoms with Crippen LogP contribution < -0.4 is 14.6 Å². The first-order chi connectivity index (χ1) is 11.7. The van der Waals surface area contributed by atoms with Crippen LogP contribution in [0.1, 0.15) is 15.9 Å². The van der Waals surface area contributed by atoms with E-state index in [-0.39, 0.29) is 13.2 Å². The average molecular weight is 387 g/mol. The van der Waals surface area contributed by atoms with E-state index < -0.39 is 32.3 Å². The first-order valence-corrected chi connectivity index (χ1v) is 8.96. The molecule has 0 heterocycles. The van der Waals surface area contributed by atoms with Crippen LogP contribution in [-0.2, 0) is 10.0 Å². The lowest BCUT2D eigenvalue weighted by molar-refractivity contribution is -0.255. The highest BCUT2D eigenvalue weighted by molar-refractivity contribution is 7.89. The molecule has 0 spiro atoms. The van der Waals surface area contributed by atoms with Crippen molar-refractivity contribution in [2.75, 3.05) is 13.2 Å². The van der Waals surface area contributed by atoms with E-state index in [2.05, 4.69) is 4.72 Å². The maximum absolute atomic E-state index is 13.7. The molecule has 0 aromatic heterocycles. The molecule has 0 saturated carbocycles. The van der Waals surface area contributed by atoms with Crippen molar-refractivity contribution in [3.8, 4) is 5.75 Å². The van der Waals surface area contributed by atoms with E-state index in [4.69, 9.17) is 16.3 Å². The Balaban J connectivity index is 2.02. The second-order valence-corrected chi connectivity index (χ2v) is 7.26. The zero-order chi connectivity index (χ0) is 18.6. The van der Waals surface area contributed by atoms with Crippen LogP contribution in [0.3, 0.4) is 0 Å². The van der Waals surface area contributed by atoms with Crippen LogP contribution in [0.15, 0.2) is 41.3 Å². The van der Waals surface area contributed by atoms with Crippen molar-refractivity contribution in [3.63, 3.8) is 0 Å². The molecule has 0 unspecified atom stereocenters. The number of carbonyl (C=O) groups excluding carboxylic acids is 1. The Morgan fingerprint density at radius 3 is 2.64 bits per heavy atom. The number of hydrogen-bond donors (Lipinski definition) is 1. The molecule has 134 valence electrons. The zero-order valence-electron chi connectivity index (χ0n) is 13.1. The molecule has 0 aliphatic carbocycles. The summed E-state index contributed by atoms with van der Waals surface area (Å²) < 4.78 is 45.5. The monoisotopic (exact) mass is 386 g/mol. The van der Waals surface area contributed by atoms with Crippen LogP contribution in [0, 0.1) is 12.7 Å². The molecule has 0 radical (unpaired) electrons. The molecule has 25 heavy (non-hydrogen) atoms. The van der Waals surface area contributed by atoms with Crippen LogP contribution in [-0.4, -0.2) is 27.5 Å². The number of aryl methyl sites for hydroxylation is 1. The van der Waals surface area contributed by atoms with Gasteiger partial charge in [-0.05, 0) is 48.4 Å². The summed E-state index contributed by atoms with van der Waals surface area (Å²) in [7, 11) is -4.24. The Kier molecular flexibility index (Phi) is 5.99. The maximum Gasteiger partial charge on any atom is 0.243 e. The fourth-order valence-electron chi connectivity index (χ4n) is 2.03. The second kappa shape index (κ2) is 7.81. The average Bonchev–Trinajstić information content (AvgIpc) is 2.53. The zero-order valence-corrected chi connectivity index (χ0v) is 14.7. The number of sulfonamides is 1. The Labute approximate surface area is 149 Å². The van der Waals surface area contributed by atoms with Gasteiger partial charge < -0.3 is 14.6 Å². The molecule has 2 aromatic rings. The molecule has 0 fully saturated rings. The van der Waals surface area contributed by atoms with Gasteiger partial charge in [0, 0.05) is 11.6 Å². The van der Waals surface area contributed by atoms with Gasteiger partial charge in [0.25, 0.3) is 0 Å². The lowest BCUT2D eigenvalue weighted by Crippen LogP contribution is -2.30. The highest BCUT2D eigenvalue weighted by Gasteiger charge is 2.19. The van der Waals surface area contributed by atoms with Crippen LogP contribution in [0.4, 0.5) is 4.39 Å². The number of carbonyl (C=O) groups is 1. The molecule has 6 nitrogen and oxygen atoms in total. The van der Waals surface area contributed by atoms with Crippen molar-refractivity contribution in [2.24, 2.45) is 0 Å². The third-order valence-electron chi connectivity index (χ3n) is 3.25. The summed E-state index contributed by atoms with van der Waals surface area (Å²) in [6.07, 6.45) is 0. The van der Waals surface area contributed by atoms with Gasteiger partial charge in [0.2, 0.25) is 10.0 Å². The van der Waals surface area contributed by atoms with E-state index in [1.807, 2.05) is 0 Å². The number of halogens is 2. The quantitative estimate of drug-likeness (QED) is 0.728. The van der Waals surface area contributed by atoms with E-state index in [9.17, 15) is 22.7 Å². The molecule has 2 rings (SSSR count). The lowest BCUT2D eigenvalue weighted by Gasteiger charge is -2.12. The van der Waals surface area contributed by atoms with Crippen molar-refractivity contribution < 1.29 is 27.4 Å². The molecule has 0 aliphatic heterocycles. The Morgan fingerprint density at radius 2 is 2.00 bits per heavy atom. The minimum Gasteiger partial charge on any atom is -0.545 e. The van der Waals surface area contributed by atoms with Gasteiger partial charge in [-0.25, -0.2) is 17.5 Å². The SMILES string of the molecule is Cc1cc(Cl)ccc1OCCNS(=O)(=O)c1cc(C(=O)[O-])ccc1F. The van der Waals surface area contributed by atoms with Gasteiger partial charge in [-0.1, -0.05) is 17.7 Å². The fraction of sp³-hybridized carbons (Fsp3) is 0.188. The van der Waals surface area contributed by atoms with Gasteiger partial charge in [0.05, 0.1) is 5.97 Å². The van der Waals surface area contributed by atoms with Gasteiger partial charge in [-0.2, -0.15) is 0 Å². The number of ether oxygens (including phenoxy) is 1. The molecule has 0 bridgehead atoms. The predicted molar refractivity (Wildman–Crippen MR) is 87.6 cm³/mol. The molecule has 0 amide bonds. The third-order valence-corrected chi connectivity index (χ3v) is 4.96. The summed E-state index contributed by atoms with van der Waals surface area (Å²) in [6, 6.07) is 7.37. The second-order valence-electron chi connectivity index (χ2n) is 5.09. The van der Waals surface area contributed by atoms with Crippen molar-refractivity contribution in [1.29, 1.82) is 0 Å². The molecule has 1 N–H and O–H groups in total. The van der Waals surface area contributed by atoms with Gasteiger partial charge in [0.1, 0.15) is 23.1 Å². The minimum atomic E-state index is -4.24. The van der Waals surface area contributed by atoms with Gasteiger partial charge >= 0.3 is 0 Å². The summed E-state index contributed by atoms with van der Waals surface area (Å²) in [6.45, 7) is 1.63. The van der Waals surface area contributed by atoms with Crippen molar-refractivity contribution in [1.82, 2.24) is 4.72 Å². The number of aromatic carboxylic acids is 1. The van der Waals surface area contributed by atoms with E-state index in [0.29, 0.717) is 16.8 Å². The maximum atomic E-state index is 13.7. The number of hydrogen-bond acceptors (Lipinski definition) is 5. The number of nitrogens with one attached hydrogen (secondary N) is 1. The normalized spacial score (nSPS) is 11.3. The highest BCUT2D eigenvalue weighted by Crippen LogP contribution is 2.21. The van der Waals surface area contributed by atoms with Crippen molar-refractivity contribution in [2.45, 2.75) is 11.8 Å². The first kappa shape index (κ1) is 19.2. The topological polar surface area (TPSA) is 95.5 Å². The molecular formula is C16H14ClFNO5S-. The van der Waals surface area contributed by atoms with Crippen molar-refractivity contribution >= 4 is 27.6 Å². The summed E-state index contributed by atoms with van der Waals surface area (Å²) in [5, 5.41) is 11.3. The van der Waals surface area contributed by atoms with E-state index in [1.165, 1.54) is 0 Å². The molecule has 0 aliphatic rings. The smallest absolute Gasteiger partial charge is 0.243 e. The van der Waals surface area contributed by atoms with Crippen LogP contribution in [0.25, 0.3) is 0 Å². The standard InChI is InChI=1S/C16H15ClFNO5S/c1-10-8-12(17)3-5-14(10)24-7-6-19-25(22,23)15-9-11(16(20)21)2-4-13(15)18/h2-5,8-9,19H,6-7H2,1H3,(H,20,21)/p-1. The number of carboxylic acids is 1. The third kappa shape index (κ3) is 4.91. The van der Waals surface area contributed by atoms with Gasteiger partial charge in [-0.15, -0.1) is 0 Å². The lowest BCUT2D eigenvalue weighted by atomic mass is 10.2. The largest absolute Gasteiger partial charge is 0.545 e. The summed E-state index contributed by atoms with van der Waals surface area (Å²) in [5.41, 5.74) is 0.345.